The Bertz CT molecular complexity index is 2550. The van der Waals surface area contributed by atoms with E-state index in [2.05, 4.69) is 216 Å². The second-order valence-electron chi connectivity index (χ2n) is 12.6. The van der Waals surface area contributed by atoms with Crippen molar-refractivity contribution < 1.29 is 0 Å². The Morgan fingerprint density at radius 3 is 1.36 bits per heavy atom. The van der Waals surface area contributed by atoms with Gasteiger partial charge in [0, 0.05) is 33.8 Å². The lowest BCUT2D eigenvalue weighted by Crippen LogP contribution is -2.14. The molecule has 50 heavy (non-hydrogen) atoms. The van der Waals surface area contributed by atoms with Crippen molar-refractivity contribution >= 4 is 66.4 Å². The lowest BCUT2D eigenvalue weighted by atomic mass is 9.92. The quantitative estimate of drug-likeness (QED) is 0.160. The van der Waals surface area contributed by atoms with E-state index in [0.717, 1.165) is 39.7 Å². The van der Waals surface area contributed by atoms with E-state index in [4.69, 9.17) is 0 Å². The average molecular weight is 639 g/mol. The molecule has 0 fully saturated rings. The summed E-state index contributed by atoms with van der Waals surface area (Å²) in [5.74, 6) is 0. The van der Waals surface area contributed by atoms with E-state index in [9.17, 15) is 0 Å². The molecule has 0 aliphatic rings. The van der Waals surface area contributed by atoms with E-state index in [1.165, 1.54) is 37.9 Å². The van der Waals surface area contributed by atoms with E-state index >= 15 is 0 Å². The maximum absolute atomic E-state index is 2.41. The van der Waals surface area contributed by atoms with Gasteiger partial charge in [0.1, 0.15) is 0 Å². The third kappa shape index (κ3) is 5.34. The van der Waals surface area contributed by atoms with Crippen LogP contribution in [0.4, 0.5) is 34.1 Å². The van der Waals surface area contributed by atoms with Gasteiger partial charge in [-0.05, 0) is 105 Å². The minimum atomic E-state index is 1.08. The van der Waals surface area contributed by atoms with Gasteiger partial charge in [-0.1, -0.05) is 140 Å². The van der Waals surface area contributed by atoms with Crippen LogP contribution in [0.15, 0.2) is 206 Å². The highest BCUT2D eigenvalue weighted by molar-refractivity contribution is 6.14. The first-order chi connectivity index (χ1) is 24.8. The number of hydrogen-bond donors (Lipinski definition) is 0. The van der Waals surface area contributed by atoms with Crippen molar-refractivity contribution in [2.75, 3.05) is 9.80 Å². The molecular formula is C48H34N2. The molecule has 0 heterocycles. The molecule has 0 radical (unpaired) electrons. The summed E-state index contributed by atoms with van der Waals surface area (Å²) in [6, 6.07) is 74.2. The van der Waals surface area contributed by atoms with Crippen LogP contribution in [0, 0.1) is 0 Å². The summed E-state index contributed by atoms with van der Waals surface area (Å²) in [6.45, 7) is 0. The maximum atomic E-state index is 2.41. The highest BCUT2D eigenvalue weighted by Gasteiger charge is 2.21. The average Bonchev–Trinajstić information content (AvgIpc) is 3.19. The van der Waals surface area contributed by atoms with E-state index in [0.29, 0.717) is 0 Å². The fourth-order valence-electron chi connectivity index (χ4n) is 7.31. The molecular weight excluding hydrogens is 605 g/mol. The van der Waals surface area contributed by atoms with E-state index in [-0.39, 0.29) is 0 Å². The number of benzene rings is 9. The van der Waals surface area contributed by atoms with Crippen molar-refractivity contribution in [2.24, 2.45) is 0 Å². The first kappa shape index (κ1) is 29.5. The van der Waals surface area contributed by atoms with Gasteiger partial charge in [-0.15, -0.1) is 0 Å². The van der Waals surface area contributed by atoms with Gasteiger partial charge in [0.2, 0.25) is 0 Å². The zero-order valence-electron chi connectivity index (χ0n) is 27.5. The zero-order valence-corrected chi connectivity index (χ0v) is 27.5. The molecule has 9 rings (SSSR count). The van der Waals surface area contributed by atoms with Gasteiger partial charge in [-0.2, -0.15) is 0 Å². The van der Waals surface area contributed by atoms with Gasteiger partial charge < -0.3 is 9.80 Å². The second kappa shape index (κ2) is 12.8. The molecule has 0 unspecified atom stereocenters. The summed E-state index contributed by atoms with van der Waals surface area (Å²) in [4.78, 5) is 4.77. The smallest absolute Gasteiger partial charge is 0.0540 e. The molecule has 0 aliphatic heterocycles. The van der Waals surface area contributed by atoms with Crippen LogP contribution in [0.1, 0.15) is 0 Å². The highest BCUT2D eigenvalue weighted by Crippen LogP contribution is 2.46. The molecule has 0 amide bonds. The van der Waals surface area contributed by atoms with Crippen molar-refractivity contribution in [2.45, 2.75) is 0 Å². The fourth-order valence-corrected chi connectivity index (χ4v) is 7.31. The van der Waals surface area contributed by atoms with Gasteiger partial charge in [0.25, 0.3) is 0 Å². The largest absolute Gasteiger partial charge is 0.310 e. The molecule has 0 aromatic heterocycles. The lowest BCUT2D eigenvalue weighted by Gasteiger charge is -2.31. The molecule has 9 aromatic rings. The van der Waals surface area contributed by atoms with Crippen LogP contribution in [-0.4, -0.2) is 0 Å². The van der Waals surface area contributed by atoms with Gasteiger partial charge in [-0.3, -0.25) is 0 Å². The van der Waals surface area contributed by atoms with Crippen LogP contribution in [-0.2, 0) is 0 Å². The van der Waals surface area contributed by atoms with Gasteiger partial charge in [-0.25, -0.2) is 0 Å². The number of anilines is 6. The molecule has 0 saturated carbocycles. The van der Waals surface area contributed by atoms with Crippen LogP contribution in [0.5, 0.6) is 0 Å². The van der Waals surface area contributed by atoms with Crippen LogP contribution < -0.4 is 9.80 Å². The Hall–Kier alpha value is -6.64. The summed E-state index contributed by atoms with van der Waals surface area (Å²) >= 11 is 0. The van der Waals surface area contributed by atoms with Crippen LogP contribution in [0.25, 0.3) is 43.4 Å². The summed E-state index contributed by atoms with van der Waals surface area (Å²) in [7, 11) is 0. The Morgan fingerprint density at radius 2 is 0.720 bits per heavy atom. The summed E-state index contributed by atoms with van der Waals surface area (Å²) in [5, 5.41) is 7.38. The molecule has 0 aliphatic carbocycles. The standard InChI is InChI=1S/C48H34N2/c1-4-20-38(21-5-1)49(39-22-6-2-7-23-39)41-31-37(47-33-36-18-11-12-26-43(36)45-28-14-15-29-46(45)47)32-42(34-41)50(40-24-8-3-9-25-40)48-30-16-19-35-17-10-13-27-44(35)48/h1-34H. The van der Waals surface area contributed by atoms with Crippen molar-refractivity contribution in [3.8, 4) is 11.1 Å². The lowest BCUT2D eigenvalue weighted by molar-refractivity contribution is 1.26. The third-order valence-corrected chi connectivity index (χ3v) is 9.55. The molecule has 2 nitrogen and oxygen atoms in total. The molecule has 0 saturated heterocycles. The van der Waals surface area contributed by atoms with E-state index < -0.39 is 0 Å². The van der Waals surface area contributed by atoms with Gasteiger partial charge in [0.05, 0.1) is 5.69 Å². The SMILES string of the molecule is c1ccc(N(c2ccccc2)c2cc(-c3cc4ccccc4c4ccccc34)cc(N(c3ccccc3)c3cccc4ccccc34)c2)cc1. The Morgan fingerprint density at radius 1 is 0.260 bits per heavy atom. The molecule has 2 heteroatoms. The van der Waals surface area contributed by atoms with Crippen molar-refractivity contribution in [3.63, 3.8) is 0 Å². The van der Waals surface area contributed by atoms with E-state index in [1.54, 1.807) is 0 Å². The van der Waals surface area contributed by atoms with Gasteiger partial charge in [0.15, 0.2) is 0 Å². The molecule has 0 bridgehead atoms. The summed E-state index contributed by atoms with van der Waals surface area (Å²) < 4.78 is 0. The number of rotatable bonds is 7. The Labute approximate surface area is 292 Å². The molecule has 236 valence electrons. The zero-order chi connectivity index (χ0) is 33.3. The van der Waals surface area contributed by atoms with Crippen LogP contribution in [0.3, 0.4) is 0 Å². The Kier molecular flexibility index (Phi) is 7.53. The second-order valence-corrected chi connectivity index (χ2v) is 12.6. The first-order valence-electron chi connectivity index (χ1n) is 17.1. The predicted octanol–water partition coefficient (Wildman–Crippen LogP) is 13.8. The minimum absolute atomic E-state index is 1.08. The molecule has 0 spiro atoms. The Balaban J connectivity index is 1.38. The number of para-hydroxylation sites is 3. The van der Waals surface area contributed by atoms with Crippen molar-refractivity contribution in [1.82, 2.24) is 0 Å². The van der Waals surface area contributed by atoms with Crippen molar-refractivity contribution in [1.29, 1.82) is 0 Å². The molecule has 9 aromatic carbocycles. The van der Waals surface area contributed by atoms with Crippen LogP contribution in [0.2, 0.25) is 0 Å². The fraction of sp³-hybridized carbons (Fsp3) is 0. The summed E-state index contributed by atoms with van der Waals surface area (Å²) in [6.07, 6.45) is 0. The minimum Gasteiger partial charge on any atom is -0.310 e. The first-order valence-corrected chi connectivity index (χ1v) is 17.1. The highest BCUT2D eigenvalue weighted by atomic mass is 15.2. The molecule has 0 N–H and O–H groups in total. The monoisotopic (exact) mass is 638 g/mol. The molecule has 0 atom stereocenters. The van der Waals surface area contributed by atoms with Crippen molar-refractivity contribution in [3.05, 3.63) is 206 Å². The normalized spacial score (nSPS) is 11.2. The third-order valence-electron chi connectivity index (χ3n) is 9.55. The number of fused-ring (bicyclic) bond motifs is 4. The summed E-state index contributed by atoms with van der Waals surface area (Å²) in [5.41, 5.74) is 8.94. The predicted molar refractivity (Wildman–Crippen MR) is 214 cm³/mol. The maximum Gasteiger partial charge on any atom is 0.0540 e. The van der Waals surface area contributed by atoms with Crippen LogP contribution >= 0.6 is 0 Å². The number of hydrogen-bond acceptors (Lipinski definition) is 2. The number of nitrogens with zero attached hydrogens (tertiary/aromatic N) is 2. The topological polar surface area (TPSA) is 6.48 Å². The van der Waals surface area contributed by atoms with E-state index in [1.807, 2.05) is 0 Å². The van der Waals surface area contributed by atoms with Gasteiger partial charge >= 0.3 is 0 Å².